The minimum absolute atomic E-state index is 0.0918. The molecule has 1 heterocycles. The Morgan fingerprint density at radius 1 is 0.758 bits per heavy atom. The Hall–Kier alpha value is -2.49. The molecule has 1 aliphatic carbocycles. The van der Waals surface area contributed by atoms with Crippen LogP contribution in [0.1, 0.15) is 61.3 Å². The summed E-state index contributed by atoms with van der Waals surface area (Å²) in [6.07, 6.45) is 26.4. The third kappa shape index (κ3) is 6.99. The SMILES string of the molecule is C\C(C=O)=C/C=C/C(C)=C/C=C/C=C(C)/C=C/C=C(C)/C=C/[C@]12O[C@@]1(C)C[C@@H](O)CC2(C)C. The lowest BCUT2D eigenvalue weighted by Crippen LogP contribution is -2.46. The molecule has 0 amide bonds. The zero-order valence-corrected chi connectivity index (χ0v) is 21.3. The minimum atomic E-state index is -0.289. The minimum Gasteiger partial charge on any atom is -0.393 e. The van der Waals surface area contributed by atoms with Crippen molar-refractivity contribution in [3.63, 3.8) is 0 Å². The van der Waals surface area contributed by atoms with Gasteiger partial charge in [-0.15, -0.1) is 0 Å². The highest BCUT2D eigenvalue weighted by Gasteiger charge is 2.74. The van der Waals surface area contributed by atoms with Gasteiger partial charge in [-0.3, -0.25) is 4.79 Å². The van der Waals surface area contributed by atoms with Crippen LogP contribution in [0.3, 0.4) is 0 Å². The standard InChI is InChI=1S/C30H40O3/c1-23(12-8-9-13-24(2)15-11-17-26(4)22-31)14-10-16-25(3)18-19-30-28(5,6)20-27(32)21-29(30,7)33-30/h8-19,22,27,32H,20-21H2,1-7H3/b9-8+,14-10+,15-11+,19-18+,23-12+,24-13+,25-16+,26-17+/t27-,29-,30+/m0/s1. The third-order valence-electron chi connectivity index (χ3n) is 6.54. The van der Waals surface area contributed by atoms with E-state index in [9.17, 15) is 9.90 Å². The number of epoxide rings is 1. The van der Waals surface area contributed by atoms with E-state index < -0.39 is 0 Å². The van der Waals surface area contributed by atoms with Crippen molar-refractivity contribution in [1.29, 1.82) is 0 Å². The number of aldehydes is 1. The van der Waals surface area contributed by atoms with E-state index in [1.807, 2.05) is 37.3 Å². The van der Waals surface area contributed by atoms with Crippen LogP contribution in [0, 0.1) is 5.41 Å². The maximum atomic E-state index is 10.6. The first-order valence-corrected chi connectivity index (χ1v) is 11.7. The van der Waals surface area contributed by atoms with Crippen molar-refractivity contribution < 1.29 is 14.6 Å². The molecule has 0 radical (unpaired) electrons. The third-order valence-corrected chi connectivity index (χ3v) is 6.54. The summed E-state index contributed by atoms with van der Waals surface area (Å²) in [7, 11) is 0. The molecule has 2 rings (SSSR count). The number of carbonyl (C=O) groups is 1. The number of aliphatic hydroxyl groups excluding tert-OH is 1. The van der Waals surface area contributed by atoms with Crippen molar-refractivity contribution in [2.45, 2.75) is 78.6 Å². The molecule has 3 atom stereocenters. The molecule has 1 saturated carbocycles. The maximum Gasteiger partial charge on any atom is 0.145 e. The van der Waals surface area contributed by atoms with E-state index in [4.69, 9.17) is 4.74 Å². The van der Waals surface area contributed by atoms with Crippen molar-refractivity contribution >= 4 is 6.29 Å². The van der Waals surface area contributed by atoms with Crippen LogP contribution >= 0.6 is 0 Å². The van der Waals surface area contributed by atoms with Gasteiger partial charge in [0.1, 0.15) is 17.5 Å². The van der Waals surface area contributed by atoms with Crippen LogP contribution in [0.2, 0.25) is 0 Å². The molecule has 0 bridgehead atoms. The molecular formula is C30H40O3. The lowest BCUT2D eigenvalue weighted by Gasteiger charge is -2.39. The van der Waals surface area contributed by atoms with Gasteiger partial charge in [0.15, 0.2) is 0 Å². The summed E-state index contributed by atoms with van der Waals surface area (Å²) in [5.41, 5.74) is 3.49. The van der Waals surface area contributed by atoms with Crippen molar-refractivity contribution in [2.75, 3.05) is 0 Å². The smallest absolute Gasteiger partial charge is 0.145 e. The number of carbonyl (C=O) groups excluding carboxylic acids is 1. The summed E-state index contributed by atoms with van der Waals surface area (Å²) >= 11 is 0. The number of hydrogen-bond acceptors (Lipinski definition) is 3. The van der Waals surface area contributed by atoms with E-state index in [0.717, 1.165) is 29.4 Å². The highest BCUT2D eigenvalue weighted by Crippen LogP contribution is 2.66. The number of ether oxygens (including phenoxy) is 1. The van der Waals surface area contributed by atoms with Crippen molar-refractivity contribution in [1.82, 2.24) is 0 Å². The van der Waals surface area contributed by atoms with Gasteiger partial charge in [-0.25, -0.2) is 0 Å². The summed E-state index contributed by atoms with van der Waals surface area (Å²) in [5, 5.41) is 10.2. The number of aliphatic hydroxyl groups is 1. The number of fused-ring (bicyclic) bond motifs is 1. The van der Waals surface area contributed by atoms with E-state index in [1.54, 1.807) is 13.0 Å². The second-order valence-electron chi connectivity index (χ2n) is 10.2. The molecule has 2 aliphatic rings. The summed E-state index contributed by atoms with van der Waals surface area (Å²) in [6, 6.07) is 0. The van der Waals surface area contributed by atoms with Crippen LogP contribution in [0.15, 0.2) is 95.2 Å². The molecule has 0 aromatic carbocycles. The molecule has 1 aliphatic heterocycles. The summed E-state index contributed by atoms with van der Waals surface area (Å²) in [5.74, 6) is 0. The molecule has 0 aromatic rings. The summed E-state index contributed by atoms with van der Waals surface area (Å²) in [4.78, 5) is 10.6. The Morgan fingerprint density at radius 2 is 1.24 bits per heavy atom. The molecule has 33 heavy (non-hydrogen) atoms. The zero-order chi connectivity index (χ0) is 24.7. The monoisotopic (exact) mass is 448 g/mol. The van der Waals surface area contributed by atoms with Gasteiger partial charge in [0.05, 0.1) is 6.10 Å². The van der Waals surface area contributed by atoms with Gasteiger partial charge in [0.25, 0.3) is 0 Å². The van der Waals surface area contributed by atoms with Crippen LogP contribution < -0.4 is 0 Å². The maximum absolute atomic E-state index is 10.6. The molecule has 0 spiro atoms. The van der Waals surface area contributed by atoms with Crippen LogP contribution in [-0.2, 0) is 9.53 Å². The summed E-state index contributed by atoms with van der Waals surface area (Å²) in [6.45, 7) is 14.4. The Bertz CT molecular complexity index is 965. The van der Waals surface area contributed by atoms with E-state index in [2.05, 4.69) is 71.1 Å². The molecule has 3 nitrogen and oxygen atoms in total. The highest BCUT2D eigenvalue weighted by molar-refractivity contribution is 5.72. The van der Waals surface area contributed by atoms with Gasteiger partial charge in [-0.1, -0.05) is 97.4 Å². The lowest BCUT2D eigenvalue weighted by molar-refractivity contribution is -0.104. The van der Waals surface area contributed by atoms with E-state index >= 15 is 0 Å². The van der Waals surface area contributed by atoms with E-state index in [0.29, 0.717) is 12.0 Å². The molecule has 1 N–H and O–H groups in total. The predicted octanol–water partition coefficient (Wildman–Crippen LogP) is 6.90. The van der Waals surface area contributed by atoms with Crippen LogP contribution in [0.5, 0.6) is 0 Å². The van der Waals surface area contributed by atoms with Crippen LogP contribution in [0.4, 0.5) is 0 Å². The van der Waals surface area contributed by atoms with Gasteiger partial charge in [-0.2, -0.15) is 0 Å². The normalized spacial score (nSPS) is 31.2. The average molecular weight is 449 g/mol. The quantitative estimate of drug-likeness (QED) is 0.181. The average Bonchev–Trinajstić information content (AvgIpc) is 3.35. The summed E-state index contributed by atoms with van der Waals surface area (Å²) < 4.78 is 6.21. The fourth-order valence-corrected chi connectivity index (χ4v) is 4.65. The first-order valence-electron chi connectivity index (χ1n) is 11.7. The number of rotatable bonds is 9. The molecular weight excluding hydrogens is 408 g/mol. The zero-order valence-electron chi connectivity index (χ0n) is 21.3. The molecule has 1 saturated heterocycles. The molecule has 3 heteroatoms. The Morgan fingerprint density at radius 3 is 1.76 bits per heavy atom. The molecule has 178 valence electrons. The highest BCUT2D eigenvalue weighted by atomic mass is 16.6. The van der Waals surface area contributed by atoms with Gasteiger partial charge in [0, 0.05) is 11.8 Å². The van der Waals surface area contributed by atoms with E-state index in [1.165, 1.54) is 0 Å². The first-order chi connectivity index (χ1) is 15.4. The predicted molar refractivity (Wildman–Crippen MR) is 139 cm³/mol. The lowest BCUT2D eigenvalue weighted by atomic mass is 9.63. The van der Waals surface area contributed by atoms with Crippen molar-refractivity contribution in [2.24, 2.45) is 5.41 Å². The van der Waals surface area contributed by atoms with Crippen LogP contribution in [-0.4, -0.2) is 28.7 Å². The number of allylic oxidation sites excluding steroid dienone is 15. The van der Waals surface area contributed by atoms with Crippen molar-refractivity contribution in [3.05, 3.63) is 95.2 Å². The van der Waals surface area contributed by atoms with Gasteiger partial charge in [-0.05, 0) is 52.7 Å². The topological polar surface area (TPSA) is 49.8 Å². The fraction of sp³-hybridized carbons (Fsp3) is 0.433. The van der Waals surface area contributed by atoms with E-state index in [-0.39, 0.29) is 22.7 Å². The first kappa shape index (κ1) is 26.8. The second kappa shape index (κ2) is 11.1. The fourth-order valence-electron chi connectivity index (χ4n) is 4.65. The Kier molecular flexibility index (Phi) is 8.99. The number of hydrogen-bond donors (Lipinski definition) is 1. The van der Waals surface area contributed by atoms with Crippen molar-refractivity contribution in [3.8, 4) is 0 Å². The largest absolute Gasteiger partial charge is 0.393 e. The second-order valence-corrected chi connectivity index (χ2v) is 10.2. The molecule has 0 unspecified atom stereocenters. The molecule has 2 fully saturated rings. The van der Waals surface area contributed by atoms with Gasteiger partial charge in [0.2, 0.25) is 0 Å². The van der Waals surface area contributed by atoms with Gasteiger partial charge < -0.3 is 9.84 Å². The Balaban J connectivity index is 1.92. The Labute approximate surface area is 200 Å². The molecule has 0 aromatic heterocycles. The van der Waals surface area contributed by atoms with Gasteiger partial charge >= 0.3 is 0 Å². The van der Waals surface area contributed by atoms with Crippen LogP contribution in [0.25, 0.3) is 0 Å².